The van der Waals surface area contributed by atoms with Crippen LogP contribution < -0.4 is 16.2 Å². The molecule has 8 nitrogen and oxygen atoms in total. The monoisotopic (exact) mass is 295 g/mol. The molecule has 9 heteroatoms. The number of nitrogens with one attached hydrogen (secondary N) is 1. The summed E-state index contributed by atoms with van der Waals surface area (Å²) in [4.78, 5) is 11.0. The number of carbonyl (C=O) groups is 1. The fourth-order valence-electron chi connectivity index (χ4n) is 1.63. The zero-order valence-corrected chi connectivity index (χ0v) is 11.4. The smallest absolute Gasteiger partial charge is 0.269 e. The van der Waals surface area contributed by atoms with E-state index in [0.29, 0.717) is 5.69 Å². The van der Waals surface area contributed by atoms with E-state index in [0.717, 1.165) is 0 Å². The van der Waals surface area contributed by atoms with E-state index in [9.17, 15) is 13.2 Å². The Morgan fingerprint density at radius 3 is 2.60 bits per heavy atom. The summed E-state index contributed by atoms with van der Waals surface area (Å²) < 4.78 is 27.4. The highest BCUT2D eigenvalue weighted by Gasteiger charge is 2.19. The number of primary amides is 1. The first-order chi connectivity index (χ1) is 9.35. The molecule has 0 radical (unpaired) electrons. The minimum absolute atomic E-state index is 0.0367. The predicted molar refractivity (Wildman–Crippen MR) is 72.7 cm³/mol. The second kappa shape index (κ2) is 4.94. The fraction of sp³-hybridized carbons (Fsp3) is 0.0909. The molecule has 20 heavy (non-hydrogen) atoms. The van der Waals surface area contributed by atoms with E-state index in [-0.39, 0.29) is 16.3 Å². The topological polar surface area (TPSA) is 133 Å². The molecule has 1 amide bonds. The lowest BCUT2D eigenvalue weighted by atomic mass is 10.3. The molecule has 0 bridgehead atoms. The molecule has 1 aromatic carbocycles. The molecule has 2 aromatic rings. The summed E-state index contributed by atoms with van der Waals surface area (Å²) in [7, 11) is -2.43. The molecule has 0 aliphatic rings. The van der Waals surface area contributed by atoms with Crippen LogP contribution in [0, 0.1) is 0 Å². The molecule has 0 saturated carbocycles. The highest BCUT2D eigenvalue weighted by Crippen LogP contribution is 2.22. The van der Waals surface area contributed by atoms with Crippen LogP contribution in [0.5, 0.6) is 0 Å². The number of rotatable bonds is 4. The van der Waals surface area contributed by atoms with Gasteiger partial charge in [-0.15, -0.1) is 0 Å². The standard InChI is InChI=1S/C11H13N5O3S/c1-14-20(18,19)10-6-7(12)2-3-9(10)16-5-4-8(15-16)11(13)17/h2-6,14H,12H2,1H3,(H2,13,17). The summed E-state index contributed by atoms with van der Waals surface area (Å²) in [6.07, 6.45) is 1.44. The minimum atomic E-state index is -3.72. The Kier molecular flexibility index (Phi) is 3.47. The Bertz CT molecular complexity index is 766. The van der Waals surface area contributed by atoms with Crippen LogP contribution in [0.1, 0.15) is 10.5 Å². The van der Waals surface area contributed by atoms with Gasteiger partial charge in [0.05, 0.1) is 5.69 Å². The lowest BCUT2D eigenvalue weighted by Crippen LogP contribution is -2.21. The van der Waals surface area contributed by atoms with Crippen LogP contribution in [0.2, 0.25) is 0 Å². The van der Waals surface area contributed by atoms with Crippen LogP contribution in [0.3, 0.4) is 0 Å². The third-order valence-electron chi connectivity index (χ3n) is 2.63. The van der Waals surface area contributed by atoms with Crippen molar-refractivity contribution in [2.24, 2.45) is 5.73 Å². The Balaban J connectivity index is 2.65. The van der Waals surface area contributed by atoms with E-state index in [2.05, 4.69) is 9.82 Å². The third kappa shape index (κ3) is 2.49. The summed E-state index contributed by atoms with van der Waals surface area (Å²) in [6.45, 7) is 0. The Hall–Kier alpha value is -2.39. The van der Waals surface area contributed by atoms with Crippen molar-refractivity contribution in [3.8, 4) is 5.69 Å². The molecule has 1 heterocycles. The second-order valence-corrected chi connectivity index (χ2v) is 5.80. The molecule has 106 valence electrons. The van der Waals surface area contributed by atoms with Gasteiger partial charge < -0.3 is 11.5 Å². The zero-order chi connectivity index (χ0) is 14.9. The van der Waals surface area contributed by atoms with E-state index >= 15 is 0 Å². The second-order valence-electron chi connectivity index (χ2n) is 3.94. The molecule has 0 aliphatic carbocycles. The van der Waals surface area contributed by atoms with Crippen LogP contribution in [0.15, 0.2) is 35.4 Å². The van der Waals surface area contributed by atoms with Gasteiger partial charge in [0, 0.05) is 11.9 Å². The number of nitrogens with zero attached hydrogens (tertiary/aromatic N) is 2. The minimum Gasteiger partial charge on any atom is -0.399 e. The average molecular weight is 295 g/mol. The van der Waals surface area contributed by atoms with Crippen molar-refractivity contribution in [2.75, 3.05) is 12.8 Å². The molecule has 0 spiro atoms. The average Bonchev–Trinajstić information content (AvgIpc) is 2.88. The normalized spacial score (nSPS) is 11.4. The number of hydrogen-bond donors (Lipinski definition) is 3. The van der Waals surface area contributed by atoms with Crippen molar-refractivity contribution < 1.29 is 13.2 Å². The number of amides is 1. The van der Waals surface area contributed by atoms with Crippen molar-refractivity contribution in [2.45, 2.75) is 4.90 Å². The molecule has 5 N–H and O–H groups in total. The summed E-state index contributed by atoms with van der Waals surface area (Å²) in [5.41, 5.74) is 11.3. The molecular weight excluding hydrogens is 282 g/mol. The van der Waals surface area contributed by atoms with Crippen molar-refractivity contribution in [3.63, 3.8) is 0 Å². The number of anilines is 1. The van der Waals surface area contributed by atoms with Gasteiger partial charge in [0.1, 0.15) is 10.6 Å². The van der Waals surface area contributed by atoms with Crippen molar-refractivity contribution in [1.29, 1.82) is 0 Å². The first-order valence-corrected chi connectivity index (χ1v) is 7.02. The molecule has 0 unspecified atom stereocenters. The number of carbonyl (C=O) groups excluding carboxylic acids is 1. The van der Waals surface area contributed by atoms with Crippen molar-refractivity contribution >= 4 is 21.6 Å². The van der Waals surface area contributed by atoms with Gasteiger partial charge in [-0.1, -0.05) is 0 Å². The Labute approximate surface area is 115 Å². The van der Waals surface area contributed by atoms with Gasteiger partial charge in [-0.3, -0.25) is 4.79 Å². The molecule has 0 saturated heterocycles. The summed E-state index contributed by atoms with van der Waals surface area (Å²) in [5, 5.41) is 3.93. The predicted octanol–water partition coefficient (Wildman–Crippen LogP) is -0.539. The maximum absolute atomic E-state index is 12.0. The van der Waals surface area contributed by atoms with Crippen molar-refractivity contribution in [3.05, 3.63) is 36.2 Å². The summed E-state index contributed by atoms with van der Waals surface area (Å²) in [5.74, 6) is -0.697. The number of benzene rings is 1. The molecule has 0 atom stereocenters. The van der Waals surface area contributed by atoms with Gasteiger partial charge in [0.2, 0.25) is 10.0 Å². The Morgan fingerprint density at radius 1 is 1.35 bits per heavy atom. The highest BCUT2D eigenvalue weighted by molar-refractivity contribution is 7.89. The molecular formula is C11H13N5O3S. The van der Waals surface area contributed by atoms with Gasteiger partial charge in [0.25, 0.3) is 5.91 Å². The maximum Gasteiger partial charge on any atom is 0.269 e. The van der Waals surface area contributed by atoms with E-state index in [4.69, 9.17) is 11.5 Å². The molecule has 0 fully saturated rings. The quantitative estimate of drug-likeness (QED) is 0.651. The van der Waals surface area contributed by atoms with Crippen molar-refractivity contribution in [1.82, 2.24) is 14.5 Å². The molecule has 0 aliphatic heterocycles. The first kappa shape index (κ1) is 14.0. The van der Waals surface area contributed by atoms with Crippen LogP contribution >= 0.6 is 0 Å². The number of nitrogen functional groups attached to an aromatic ring is 1. The summed E-state index contributed by atoms with van der Waals surface area (Å²) in [6, 6.07) is 5.74. The number of nitrogens with two attached hydrogens (primary N) is 2. The largest absolute Gasteiger partial charge is 0.399 e. The highest BCUT2D eigenvalue weighted by atomic mass is 32.2. The summed E-state index contributed by atoms with van der Waals surface area (Å²) >= 11 is 0. The van der Waals surface area contributed by atoms with Crippen LogP contribution in [0.25, 0.3) is 5.69 Å². The molecule has 2 rings (SSSR count). The molecule has 1 aromatic heterocycles. The van der Waals surface area contributed by atoms with Crippen LogP contribution in [-0.2, 0) is 10.0 Å². The van der Waals surface area contributed by atoms with E-state index in [1.54, 1.807) is 0 Å². The SMILES string of the molecule is CNS(=O)(=O)c1cc(N)ccc1-n1ccc(C(N)=O)n1. The van der Waals surface area contributed by atoms with Gasteiger partial charge in [-0.05, 0) is 31.3 Å². The van der Waals surface area contributed by atoms with E-state index < -0.39 is 15.9 Å². The first-order valence-electron chi connectivity index (χ1n) is 5.54. The third-order valence-corrected chi connectivity index (χ3v) is 4.07. The number of sulfonamides is 1. The van der Waals surface area contributed by atoms with E-state index in [1.807, 2.05) is 0 Å². The zero-order valence-electron chi connectivity index (χ0n) is 10.6. The fourth-order valence-corrected chi connectivity index (χ4v) is 2.58. The Morgan fingerprint density at radius 2 is 2.05 bits per heavy atom. The van der Waals surface area contributed by atoms with Gasteiger partial charge >= 0.3 is 0 Å². The van der Waals surface area contributed by atoms with Crippen LogP contribution in [0.4, 0.5) is 5.69 Å². The van der Waals surface area contributed by atoms with E-state index in [1.165, 1.54) is 42.2 Å². The maximum atomic E-state index is 12.0. The van der Waals surface area contributed by atoms with Crippen LogP contribution in [-0.4, -0.2) is 31.2 Å². The number of aromatic nitrogens is 2. The van der Waals surface area contributed by atoms with Gasteiger partial charge in [0.15, 0.2) is 0 Å². The van der Waals surface area contributed by atoms with Gasteiger partial charge in [-0.2, -0.15) is 5.10 Å². The van der Waals surface area contributed by atoms with Gasteiger partial charge in [-0.25, -0.2) is 17.8 Å². The number of hydrogen-bond acceptors (Lipinski definition) is 5. The lowest BCUT2D eigenvalue weighted by molar-refractivity contribution is 0.0995. The lowest BCUT2D eigenvalue weighted by Gasteiger charge is -2.10.